The first-order valence-electron chi connectivity index (χ1n) is 7.91. The molecule has 6 nitrogen and oxygen atoms in total. The Morgan fingerprint density at radius 3 is 1.95 bits per heavy atom. The summed E-state index contributed by atoms with van der Waals surface area (Å²) in [5.74, 6) is 0.348. The van der Waals surface area contributed by atoms with Gasteiger partial charge in [0.25, 0.3) is 0 Å². The second-order valence-electron chi connectivity index (χ2n) is 6.02. The highest BCUT2D eigenvalue weighted by Crippen LogP contribution is 2.17. The molecule has 1 N–H and O–H groups in total. The number of sulfonamides is 1. The van der Waals surface area contributed by atoms with Crippen molar-refractivity contribution >= 4 is 15.9 Å². The van der Waals surface area contributed by atoms with E-state index in [4.69, 9.17) is 0 Å². The Labute approximate surface area is 127 Å². The minimum absolute atomic E-state index is 0.159. The van der Waals surface area contributed by atoms with Gasteiger partial charge in [-0.1, -0.05) is 0 Å². The lowest BCUT2D eigenvalue weighted by molar-refractivity contribution is -0.129. The lowest BCUT2D eigenvalue weighted by atomic mass is 10.0. The molecular weight excluding hydrogens is 290 g/mol. The Morgan fingerprint density at radius 2 is 1.52 bits per heavy atom. The second kappa shape index (κ2) is 7.07. The fourth-order valence-corrected chi connectivity index (χ4v) is 4.31. The van der Waals surface area contributed by atoms with E-state index in [9.17, 15) is 13.2 Å². The van der Waals surface area contributed by atoms with Gasteiger partial charge in [-0.25, -0.2) is 12.7 Å². The monoisotopic (exact) mass is 317 g/mol. The van der Waals surface area contributed by atoms with E-state index >= 15 is 0 Å². The molecule has 0 saturated carbocycles. The molecule has 2 aliphatic rings. The largest absolute Gasteiger partial charge is 0.343 e. The summed E-state index contributed by atoms with van der Waals surface area (Å²) in [7, 11) is -3.03. The van der Waals surface area contributed by atoms with E-state index in [1.165, 1.54) is 0 Å². The van der Waals surface area contributed by atoms with Crippen molar-refractivity contribution in [2.45, 2.75) is 51.6 Å². The predicted molar refractivity (Wildman–Crippen MR) is 82.5 cm³/mol. The number of piperidine rings is 2. The van der Waals surface area contributed by atoms with Crippen LogP contribution in [0.5, 0.6) is 0 Å². The summed E-state index contributed by atoms with van der Waals surface area (Å²) < 4.78 is 25.3. The molecule has 0 atom stereocenters. The van der Waals surface area contributed by atoms with Gasteiger partial charge >= 0.3 is 0 Å². The molecule has 0 aliphatic carbocycles. The van der Waals surface area contributed by atoms with E-state index in [2.05, 4.69) is 5.32 Å². The number of rotatable bonds is 4. The van der Waals surface area contributed by atoms with Gasteiger partial charge in [-0.3, -0.25) is 4.79 Å². The van der Waals surface area contributed by atoms with Crippen LogP contribution < -0.4 is 5.32 Å². The van der Waals surface area contributed by atoms with Crippen molar-refractivity contribution in [1.29, 1.82) is 0 Å². The SMILES string of the molecule is CCS(=O)(=O)N1CCC(NC2CCN(C(C)=O)CC2)CC1. The third-order valence-electron chi connectivity index (χ3n) is 4.62. The van der Waals surface area contributed by atoms with Crippen LogP contribution in [0.25, 0.3) is 0 Å². The Hall–Kier alpha value is -0.660. The molecule has 0 aromatic carbocycles. The summed E-state index contributed by atoms with van der Waals surface area (Å²) in [6, 6.07) is 0.863. The van der Waals surface area contributed by atoms with Gasteiger partial charge < -0.3 is 10.2 Å². The first-order valence-corrected chi connectivity index (χ1v) is 9.52. The molecule has 2 fully saturated rings. The summed E-state index contributed by atoms with van der Waals surface area (Å²) >= 11 is 0. The van der Waals surface area contributed by atoms with Crippen LogP contribution in [-0.2, 0) is 14.8 Å². The van der Waals surface area contributed by atoms with Crippen molar-refractivity contribution in [2.75, 3.05) is 31.9 Å². The van der Waals surface area contributed by atoms with Crippen LogP contribution in [-0.4, -0.2) is 67.5 Å². The molecular formula is C14H27N3O3S. The van der Waals surface area contributed by atoms with Gasteiger partial charge in [-0.15, -0.1) is 0 Å². The third kappa shape index (κ3) is 4.40. The van der Waals surface area contributed by atoms with Gasteiger partial charge in [0.2, 0.25) is 15.9 Å². The summed E-state index contributed by atoms with van der Waals surface area (Å²) in [6.45, 7) is 6.23. The molecule has 1 amide bonds. The number of carbonyl (C=O) groups is 1. The van der Waals surface area contributed by atoms with Crippen LogP contribution in [0.15, 0.2) is 0 Å². The van der Waals surface area contributed by atoms with Crippen LogP contribution in [0, 0.1) is 0 Å². The van der Waals surface area contributed by atoms with Crippen LogP contribution in [0.4, 0.5) is 0 Å². The average Bonchev–Trinajstić information content (AvgIpc) is 2.48. The number of hydrogen-bond donors (Lipinski definition) is 1. The highest BCUT2D eigenvalue weighted by molar-refractivity contribution is 7.89. The summed E-state index contributed by atoms with van der Waals surface area (Å²) in [4.78, 5) is 13.2. The van der Waals surface area contributed by atoms with E-state index in [1.807, 2.05) is 4.90 Å². The van der Waals surface area contributed by atoms with Crippen LogP contribution in [0.2, 0.25) is 0 Å². The fourth-order valence-electron chi connectivity index (χ4n) is 3.18. The van der Waals surface area contributed by atoms with Gasteiger partial charge in [-0.2, -0.15) is 0 Å². The Morgan fingerprint density at radius 1 is 1.05 bits per heavy atom. The Balaban J connectivity index is 1.74. The Bertz CT molecular complexity index is 450. The molecule has 2 aliphatic heterocycles. The van der Waals surface area contributed by atoms with E-state index in [1.54, 1.807) is 18.2 Å². The minimum atomic E-state index is -3.03. The van der Waals surface area contributed by atoms with E-state index in [0.29, 0.717) is 25.2 Å². The lowest BCUT2D eigenvalue weighted by Gasteiger charge is -2.37. The number of nitrogens with zero attached hydrogens (tertiary/aromatic N) is 2. The molecule has 2 saturated heterocycles. The van der Waals surface area contributed by atoms with Crippen molar-refractivity contribution in [2.24, 2.45) is 0 Å². The van der Waals surface area contributed by atoms with E-state index < -0.39 is 10.0 Å². The molecule has 2 heterocycles. The zero-order valence-electron chi connectivity index (χ0n) is 13.0. The molecule has 0 spiro atoms. The van der Waals surface area contributed by atoms with Gasteiger partial charge in [-0.05, 0) is 32.6 Å². The van der Waals surface area contributed by atoms with Crippen LogP contribution >= 0.6 is 0 Å². The molecule has 0 bridgehead atoms. The van der Waals surface area contributed by atoms with E-state index in [-0.39, 0.29) is 11.7 Å². The first-order chi connectivity index (χ1) is 9.92. The van der Waals surface area contributed by atoms with Crippen molar-refractivity contribution in [1.82, 2.24) is 14.5 Å². The third-order valence-corrected chi connectivity index (χ3v) is 6.51. The van der Waals surface area contributed by atoms with Gasteiger partial charge in [0.15, 0.2) is 0 Å². The predicted octanol–water partition coefficient (Wildman–Crippen LogP) is 0.401. The fraction of sp³-hybridized carbons (Fsp3) is 0.929. The summed E-state index contributed by atoms with van der Waals surface area (Å²) in [5, 5.41) is 3.65. The molecule has 7 heteroatoms. The highest BCUT2D eigenvalue weighted by Gasteiger charge is 2.29. The number of likely N-dealkylation sites (tertiary alicyclic amines) is 1. The number of carbonyl (C=O) groups excluding carboxylic acids is 1. The maximum absolute atomic E-state index is 11.8. The first kappa shape index (κ1) is 16.7. The molecule has 0 unspecified atom stereocenters. The normalized spacial score (nSPS) is 23.4. The van der Waals surface area contributed by atoms with Gasteiger partial charge in [0.1, 0.15) is 0 Å². The topological polar surface area (TPSA) is 69.7 Å². The lowest BCUT2D eigenvalue weighted by Crippen LogP contribution is -2.51. The number of amides is 1. The van der Waals surface area contributed by atoms with E-state index in [0.717, 1.165) is 38.8 Å². The minimum Gasteiger partial charge on any atom is -0.343 e. The second-order valence-corrected chi connectivity index (χ2v) is 8.28. The Kier molecular flexibility index (Phi) is 5.62. The van der Waals surface area contributed by atoms with Crippen molar-refractivity contribution in [3.63, 3.8) is 0 Å². The van der Waals surface area contributed by atoms with Crippen molar-refractivity contribution in [3.8, 4) is 0 Å². The molecule has 122 valence electrons. The molecule has 0 radical (unpaired) electrons. The van der Waals surface area contributed by atoms with Crippen molar-refractivity contribution < 1.29 is 13.2 Å². The standard InChI is InChI=1S/C14H27N3O3S/c1-3-21(19,20)17-10-6-14(7-11-17)15-13-4-8-16(9-5-13)12(2)18/h13-15H,3-11H2,1-2H3. The molecule has 2 rings (SSSR count). The molecule has 0 aromatic heterocycles. The smallest absolute Gasteiger partial charge is 0.219 e. The zero-order valence-corrected chi connectivity index (χ0v) is 13.9. The zero-order chi connectivity index (χ0) is 15.5. The average molecular weight is 317 g/mol. The maximum atomic E-state index is 11.8. The number of nitrogens with one attached hydrogen (secondary N) is 1. The number of hydrogen-bond acceptors (Lipinski definition) is 4. The molecule has 21 heavy (non-hydrogen) atoms. The quantitative estimate of drug-likeness (QED) is 0.815. The molecule has 0 aromatic rings. The van der Waals surface area contributed by atoms with Gasteiger partial charge in [0, 0.05) is 45.2 Å². The maximum Gasteiger partial charge on any atom is 0.219 e. The van der Waals surface area contributed by atoms with Crippen molar-refractivity contribution in [3.05, 3.63) is 0 Å². The highest BCUT2D eigenvalue weighted by atomic mass is 32.2. The van der Waals surface area contributed by atoms with Gasteiger partial charge in [0.05, 0.1) is 5.75 Å². The summed E-state index contributed by atoms with van der Waals surface area (Å²) in [6.07, 6.45) is 3.75. The summed E-state index contributed by atoms with van der Waals surface area (Å²) in [5.41, 5.74) is 0. The van der Waals surface area contributed by atoms with Crippen LogP contribution in [0.1, 0.15) is 39.5 Å². The van der Waals surface area contributed by atoms with Crippen LogP contribution in [0.3, 0.4) is 0 Å².